The molecule has 0 aliphatic heterocycles. The Balaban J connectivity index is 2.54. The molecule has 1 aromatic carbocycles. The van der Waals surface area contributed by atoms with Crippen LogP contribution in [-0.2, 0) is 11.2 Å². The van der Waals surface area contributed by atoms with E-state index in [0.29, 0.717) is 18.0 Å². The fourth-order valence-corrected chi connectivity index (χ4v) is 1.93. The van der Waals surface area contributed by atoms with E-state index in [2.05, 4.69) is 5.32 Å². The van der Waals surface area contributed by atoms with Crippen molar-refractivity contribution in [2.75, 3.05) is 6.54 Å². The van der Waals surface area contributed by atoms with E-state index in [4.69, 9.17) is 22.1 Å². The van der Waals surface area contributed by atoms with Gasteiger partial charge in [0.15, 0.2) is 0 Å². The van der Waals surface area contributed by atoms with Crippen molar-refractivity contribution in [3.05, 3.63) is 34.9 Å². The van der Waals surface area contributed by atoms with Crippen LogP contribution in [0.3, 0.4) is 0 Å². The van der Waals surface area contributed by atoms with Gasteiger partial charge in [-0.25, -0.2) is 4.79 Å². The fraction of sp³-hybridized carbons (Fsp3) is 0.533. The van der Waals surface area contributed by atoms with Crippen LogP contribution in [0.1, 0.15) is 33.3 Å². The number of carbonyl (C=O) groups excluding carboxylic acids is 1. The Bertz CT molecular complexity index is 467. The molecular weight excluding hydrogens is 276 g/mol. The first-order valence-corrected chi connectivity index (χ1v) is 6.96. The van der Waals surface area contributed by atoms with Crippen LogP contribution in [0.15, 0.2) is 24.3 Å². The van der Waals surface area contributed by atoms with E-state index in [1.807, 2.05) is 52.0 Å². The molecule has 1 rings (SSSR count). The van der Waals surface area contributed by atoms with E-state index in [9.17, 15) is 4.79 Å². The Morgan fingerprint density at radius 2 is 1.90 bits per heavy atom. The monoisotopic (exact) mass is 298 g/mol. The molecule has 1 atom stereocenters. The molecule has 0 bridgehead atoms. The number of hydrogen-bond donors (Lipinski definition) is 2. The Kier molecular flexibility index (Phi) is 5.42. The van der Waals surface area contributed by atoms with E-state index >= 15 is 0 Å². The summed E-state index contributed by atoms with van der Waals surface area (Å²) in [4.78, 5) is 11.6. The lowest BCUT2D eigenvalue weighted by atomic mass is 9.94. The quantitative estimate of drug-likeness (QED) is 0.897. The van der Waals surface area contributed by atoms with Crippen LogP contribution in [0.2, 0.25) is 5.02 Å². The summed E-state index contributed by atoms with van der Waals surface area (Å²) in [5.41, 5.74) is 6.05. The molecule has 0 heterocycles. The summed E-state index contributed by atoms with van der Waals surface area (Å²) in [6.45, 7) is 7.63. The van der Waals surface area contributed by atoms with Crippen molar-refractivity contribution in [2.45, 2.75) is 45.3 Å². The maximum atomic E-state index is 11.6. The minimum absolute atomic E-state index is 0.313. The second kappa shape index (κ2) is 6.46. The number of carbonyl (C=O) groups is 1. The third kappa shape index (κ3) is 6.26. The number of amides is 1. The van der Waals surface area contributed by atoms with E-state index < -0.39 is 17.2 Å². The molecule has 0 saturated carbocycles. The summed E-state index contributed by atoms with van der Waals surface area (Å²) < 4.78 is 5.18. The molecule has 0 spiro atoms. The van der Waals surface area contributed by atoms with Crippen LogP contribution >= 0.6 is 11.6 Å². The van der Waals surface area contributed by atoms with Gasteiger partial charge in [-0.3, -0.25) is 0 Å². The van der Waals surface area contributed by atoms with Gasteiger partial charge in [-0.05, 0) is 45.7 Å². The van der Waals surface area contributed by atoms with Gasteiger partial charge in [-0.15, -0.1) is 0 Å². The lowest BCUT2D eigenvalue weighted by molar-refractivity contribution is 0.0516. The number of halogens is 1. The van der Waals surface area contributed by atoms with Crippen molar-refractivity contribution in [3.8, 4) is 0 Å². The summed E-state index contributed by atoms with van der Waals surface area (Å²) in [6.07, 6.45) is 0.107. The lowest BCUT2D eigenvalue weighted by Crippen LogP contribution is -2.50. The van der Waals surface area contributed by atoms with E-state index in [0.717, 1.165) is 5.56 Å². The summed E-state index contributed by atoms with van der Waals surface area (Å²) in [6, 6.07) is 7.55. The number of nitrogens with one attached hydrogen (secondary N) is 1. The third-order valence-electron chi connectivity index (χ3n) is 2.59. The molecule has 1 unspecified atom stereocenters. The number of hydrogen-bond acceptors (Lipinski definition) is 3. The average Bonchev–Trinajstić information content (AvgIpc) is 2.27. The topological polar surface area (TPSA) is 64.3 Å². The second-order valence-electron chi connectivity index (χ2n) is 6.28. The van der Waals surface area contributed by atoms with Gasteiger partial charge < -0.3 is 15.8 Å². The van der Waals surface area contributed by atoms with Crippen LogP contribution < -0.4 is 11.1 Å². The molecule has 1 aromatic rings. The summed E-state index contributed by atoms with van der Waals surface area (Å²) in [7, 11) is 0. The SMILES string of the molecule is CC(N)(CNC(=O)OC(C)(C)C)Cc1ccccc1Cl. The van der Waals surface area contributed by atoms with Crippen molar-refractivity contribution >= 4 is 17.7 Å². The zero-order valence-electron chi connectivity index (χ0n) is 12.5. The highest BCUT2D eigenvalue weighted by Gasteiger charge is 2.23. The Morgan fingerprint density at radius 3 is 2.45 bits per heavy atom. The highest BCUT2D eigenvalue weighted by molar-refractivity contribution is 6.31. The molecular formula is C15H23ClN2O2. The van der Waals surface area contributed by atoms with Crippen molar-refractivity contribution in [2.24, 2.45) is 5.73 Å². The first-order valence-electron chi connectivity index (χ1n) is 6.58. The zero-order chi connectivity index (χ0) is 15.4. The lowest BCUT2D eigenvalue weighted by Gasteiger charge is -2.27. The second-order valence-corrected chi connectivity index (χ2v) is 6.68. The molecule has 1 amide bonds. The van der Waals surface area contributed by atoms with Gasteiger partial charge in [0.05, 0.1) is 0 Å². The predicted molar refractivity (Wildman–Crippen MR) is 82.0 cm³/mol. The summed E-state index contributed by atoms with van der Waals surface area (Å²) in [5, 5.41) is 3.37. The molecule has 20 heavy (non-hydrogen) atoms. The van der Waals surface area contributed by atoms with Crippen molar-refractivity contribution in [3.63, 3.8) is 0 Å². The summed E-state index contributed by atoms with van der Waals surface area (Å²) in [5.74, 6) is 0. The van der Waals surface area contributed by atoms with Gasteiger partial charge in [0.2, 0.25) is 0 Å². The van der Waals surface area contributed by atoms with Crippen LogP contribution in [-0.4, -0.2) is 23.8 Å². The number of benzene rings is 1. The number of ether oxygens (including phenoxy) is 1. The largest absolute Gasteiger partial charge is 0.444 e. The standard InChI is InChI=1S/C15H23ClN2O2/c1-14(2,3)20-13(19)18-10-15(4,17)9-11-7-5-6-8-12(11)16/h5-8H,9-10,17H2,1-4H3,(H,18,19). The predicted octanol–water partition coefficient (Wildman–Crippen LogP) is 3.12. The number of rotatable bonds is 4. The molecule has 0 aromatic heterocycles. The third-order valence-corrected chi connectivity index (χ3v) is 2.96. The van der Waals surface area contributed by atoms with Crippen LogP contribution in [0, 0.1) is 0 Å². The Hall–Kier alpha value is -1.26. The minimum Gasteiger partial charge on any atom is -0.444 e. The Labute approximate surface area is 125 Å². The highest BCUT2D eigenvalue weighted by Crippen LogP contribution is 2.19. The van der Waals surface area contributed by atoms with Crippen molar-refractivity contribution in [1.29, 1.82) is 0 Å². The van der Waals surface area contributed by atoms with E-state index in [1.165, 1.54) is 0 Å². The number of nitrogens with two attached hydrogens (primary N) is 1. The zero-order valence-corrected chi connectivity index (χ0v) is 13.3. The molecule has 0 aliphatic rings. The maximum Gasteiger partial charge on any atom is 0.407 e. The van der Waals surface area contributed by atoms with Crippen molar-refractivity contribution < 1.29 is 9.53 Å². The van der Waals surface area contributed by atoms with Gasteiger partial charge in [0, 0.05) is 17.1 Å². The molecule has 0 aliphatic carbocycles. The van der Waals surface area contributed by atoms with Gasteiger partial charge >= 0.3 is 6.09 Å². The minimum atomic E-state index is -0.595. The molecule has 112 valence electrons. The molecule has 0 radical (unpaired) electrons. The van der Waals surface area contributed by atoms with Crippen LogP contribution in [0.4, 0.5) is 4.79 Å². The average molecular weight is 299 g/mol. The van der Waals surface area contributed by atoms with Gasteiger partial charge in [-0.2, -0.15) is 0 Å². The molecule has 4 nitrogen and oxygen atoms in total. The molecule has 3 N–H and O–H groups in total. The first kappa shape index (κ1) is 16.8. The molecule has 5 heteroatoms. The maximum absolute atomic E-state index is 11.6. The smallest absolute Gasteiger partial charge is 0.407 e. The fourth-order valence-electron chi connectivity index (χ4n) is 1.73. The van der Waals surface area contributed by atoms with Crippen molar-refractivity contribution in [1.82, 2.24) is 5.32 Å². The van der Waals surface area contributed by atoms with E-state index in [1.54, 1.807) is 0 Å². The normalized spacial score (nSPS) is 14.5. The molecule has 0 saturated heterocycles. The van der Waals surface area contributed by atoms with E-state index in [-0.39, 0.29) is 0 Å². The molecule has 0 fully saturated rings. The van der Waals surface area contributed by atoms with Crippen LogP contribution in [0.25, 0.3) is 0 Å². The number of alkyl carbamates (subject to hydrolysis) is 1. The Morgan fingerprint density at radius 1 is 1.30 bits per heavy atom. The van der Waals surface area contributed by atoms with Gasteiger partial charge in [0.25, 0.3) is 0 Å². The van der Waals surface area contributed by atoms with Gasteiger partial charge in [0.1, 0.15) is 5.60 Å². The van der Waals surface area contributed by atoms with Gasteiger partial charge in [-0.1, -0.05) is 29.8 Å². The highest BCUT2D eigenvalue weighted by atomic mass is 35.5. The summed E-state index contributed by atoms with van der Waals surface area (Å²) >= 11 is 6.11. The first-order chi connectivity index (χ1) is 9.09. The van der Waals surface area contributed by atoms with Crippen LogP contribution in [0.5, 0.6) is 0 Å².